The lowest BCUT2D eigenvalue weighted by molar-refractivity contribution is -0.135. The molecule has 5 nitrogen and oxygen atoms in total. The van der Waals surface area contributed by atoms with Crippen LogP contribution in [-0.2, 0) is 16.1 Å². The van der Waals surface area contributed by atoms with E-state index in [-0.39, 0.29) is 31.1 Å². The molecule has 0 saturated heterocycles. The summed E-state index contributed by atoms with van der Waals surface area (Å²) in [5.74, 6) is -1.87. The van der Waals surface area contributed by atoms with Crippen LogP contribution in [0, 0.1) is 11.6 Å². The molecular formula is C19H21F2N3O2. The van der Waals surface area contributed by atoms with Gasteiger partial charge in [0.25, 0.3) is 0 Å². The molecule has 2 aromatic carbocycles. The van der Waals surface area contributed by atoms with Crippen molar-refractivity contribution >= 4 is 17.5 Å². The fraction of sp³-hybridized carbons (Fsp3) is 0.263. The summed E-state index contributed by atoms with van der Waals surface area (Å²) in [6.45, 7) is 0.0899. The van der Waals surface area contributed by atoms with Crippen LogP contribution in [0.15, 0.2) is 48.5 Å². The third-order valence-corrected chi connectivity index (χ3v) is 3.74. The first-order chi connectivity index (χ1) is 12.5. The highest BCUT2D eigenvalue weighted by Gasteiger charge is 2.19. The fourth-order valence-corrected chi connectivity index (χ4v) is 2.38. The van der Waals surface area contributed by atoms with E-state index in [9.17, 15) is 18.4 Å². The van der Waals surface area contributed by atoms with Gasteiger partial charge in [0, 0.05) is 25.1 Å². The molecule has 0 aromatic heterocycles. The van der Waals surface area contributed by atoms with Gasteiger partial charge in [0.05, 0.1) is 5.69 Å². The quantitative estimate of drug-likeness (QED) is 0.760. The first-order valence-corrected chi connectivity index (χ1v) is 8.21. The standard InChI is InChI=1S/C19H21F2N3O2/c1-22-11-10-19(26)24(12-14-6-2-3-7-15(14)20)13-18(25)23-17-9-5-4-8-16(17)21/h2-9,22H,10-13H2,1H3,(H,23,25). The van der Waals surface area contributed by atoms with E-state index in [0.717, 1.165) is 0 Å². The molecule has 2 N–H and O–H groups in total. The molecule has 0 fully saturated rings. The third-order valence-electron chi connectivity index (χ3n) is 3.74. The Morgan fingerprint density at radius 1 is 1.00 bits per heavy atom. The van der Waals surface area contributed by atoms with Gasteiger partial charge in [-0.2, -0.15) is 0 Å². The predicted molar refractivity (Wildman–Crippen MR) is 95.4 cm³/mol. The number of rotatable bonds is 8. The maximum absolute atomic E-state index is 13.9. The number of nitrogens with one attached hydrogen (secondary N) is 2. The van der Waals surface area contributed by atoms with Crippen molar-refractivity contribution in [3.63, 3.8) is 0 Å². The van der Waals surface area contributed by atoms with Gasteiger partial charge in [-0.15, -0.1) is 0 Å². The van der Waals surface area contributed by atoms with Crippen LogP contribution in [-0.4, -0.2) is 36.9 Å². The number of anilines is 1. The Balaban J connectivity index is 2.10. The van der Waals surface area contributed by atoms with Crippen molar-refractivity contribution in [2.45, 2.75) is 13.0 Å². The number of halogens is 2. The van der Waals surface area contributed by atoms with Gasteiger partial charge in [0.2, 0.25) is 11.8 Å². The van der Waals surface area contributed by atoms with E-state index >= 15 is 0 Å². The van der Waals surface area contributed by atoms with Crippen molar-refractivity contribution in [2.75, 3.05) is 25.5 Å². The SMILES string of the molecule is CNCCC(=O)N(CC(=O)Nc1ccccc1F)Cc1ccccc1F. The zero-order chi connectivity index (χ0) is 18.9. The highest BCUT2D eigenvalue weighted by Crippen LogP contribution is 2.14. The minimum atomic E-state index is -0.567. The highest BCUT2D eigenvalue weighted by atomic mass is 19.1. The molecule has 138 valence electrons. The van der Waals surface area contributed by atoms with Gasteiger partial charge in [-0.25, -0.2) is 8.78 Å². The second-order valence-electron chi connectivity index (χ2n) is 5.72. The van der Waals surface area contributed by atoms with Crippen LogP contribution in [0.1, 0.15) is 12.0 Å². The summed E-state index contributed by atoms with van der Waals surface area (Å²) >= 11 is 0. The summed E-state index contributed by atoms with van der Waals surface area (Å²) < 4.78 is 27.6. The lowest BCUT2D eigenvalue weighted by Crippen LogP contribution is -2.38. The Hall–Kier alpha value is -2.80. The largest absolute Gasteiger partial charge is 0.329 e. The van der Waals surface area contributed by atoms with Crippen molar-refractivity contribution in [3.05, 3.63) is 65.7 Å². The van der Waals surface area contributed by atoms with Crippen LogP contribution in [0.5, 0.6) is 0 Å². The topological polar surface area (TPSA) is 61.4 Å². The molecule has 0 heterocycles. The minimum absolute atomic E-state index is 0.0333. The Labute approximate surface area is 151 Å². The normalized spacial score (nSPS) is 10.4. The third kappa shape index (κ3) is 5.63. The molecular weight excluding hydrogens is 340 g/mol. The molecule has 0 aliphatic heterocycles. The molecule has 2 rings (SSSR count). The van der Waals surface area contributed by atoms with Crippen molar-refractivity contribution in [1.82, 2.24) is 10.2 Å². The molecule has 0 saturated carbocycles. The average Bonchev–Trinajstić information content (AvgIpc) is 2.62. The first kappa shape index (κ1) is 19.5. The van der Waals surface area contributed by atoms with E-state index in [0.29, 0.717) is 12.1 Å². The van der Waals surface area contributed by atoms with Crippen LogP contribution < -0.4 is 10.6 Å². The zero-order valence-corrected chi connectivity index (χ0v) is 14.5. The molecule has 0 aliphatic carbocycles. The summed E-state index contributed by atoms with van der Waals surface area (Å²) in [5.41, 5.74) is 0.343. The molecule has 0 bridgehead atoms. The van der Waals surface area contributed by atoms with E-state index in [4.69, 9.17) is 0 Å². The van der Waals surface area contributed by atoms with Crippen molar-refractivity contribution in [3.8, 4) is 0 Å². The number of carbonyl (C=O) groups is 2. The lowest BCUT2D eigenvalue weighted by Gasteiger charge is -2.23. The smallest absolute Gasteiger partial charge is 0.244 e. The zero-order valence-electron chi connectivity index (χ0n) is 14.5. The molecule has 26 heavy (non-hydrogen) atoms. The lowest BCUT2D eigenvalue weighted by atomic mass is 10.2. The number of hydrogen-bond acceptors (Lipinski definition) is 3. The van der Waals surface area contributed by atoms with Gasteiger partial charge in [-0.1, -0.05) is 30.3 Å². The number of amides is 2. The van der Waals surface area contributed by atoms with E-state index in [1.54, 1.807) is 31.3 Å². The predicted octanol–water partition coefficient (Wildman–Crippen LogP) is 2.54. The molecule has 2 amide bonds. The maximum atomic E-state index is 13.9. The molecule has 0 spiro atoms. The second kappa shape index (κ2) is 9.62. The van der Waals surface area contributed by atoms with E-state index < -0.39 is 17.5 Å². The summed E-state index contributed by atoms with van der Waals surface area (Å²) in [5, 5.41) is 5.29. The Bertz CT molecular complexity index is 768. The van der Waals surface area contributed by atoms with E-state index in [2.05, 4.69) is 10.6 Å². The van der Waals surface area contributed by atoms with Crippen molar-refractivity contribution < 1.29 is 18.4 Å². The van der Waals surface area contributed by atoms with Crippen molar-refractivity contribution in [2.24, 2.45) is 0 Å². The number of nitrogens with zero attached hydrogens (tertiary/aromatic N) is 1. The highest BCUT2D eigenvalue weighted by molar-refractivity contribution is 5.94. The molecule has 0 radical (unpaired) electrons. The number of carbonyl (C=O) groups excluding carboxylic acids is 2. The second-order valence-corrected chi connectivity index (χ2v) is 5.72. The minimum Gasteiger partial charge on any atom is -0.329 e. The summed E-state index contributed by atoms with van der Waals surface area (Å²) in [6.07, 6.45) is 0.165. The molecule has 0 aliphatic rings. The van der Waals surface area contributed by atoms with Crippen LogP contribution in [0.2, 0.25) is 0 Å². The van der Waals surface area contributed by atoms with Crippen LogP contribution >= 0.6 is 0 Å². The van der Waals surface area contributed by atoms with Gasteiger partial charge in [-0.05, 0) is 25.2 Å². The Morgan fingerprint density at radius 2 is 1.65 bits per heavy atom. The Morgan fingerprint density at radius 3 is 2.31 bits per heavy atom. The van der Waals surface area contributed by atoms with Gasteiger partial charge < -0.3 is 15.5 Å². The van der Waals surface area contributed by atoms with Gasteiger partial charge >= 0.3 is 0 Å². The number of benzene rings is 2. The summed E-state index contributed by atoms with van der Waals surface area (Å²) in [7, 11) is 1.71. The van der Waals surface area contributed by atoms with Gasteiger partial charge in [0.1, 0.15) is 18.2 Å². The van der Waals surface area contributed by atoms with Crippen molar-refractivity contribution in [1.29, 1.82) is 0 Å². The molecule has 2 aromatic rings. The first-order valence-electron chi connectivity index (χ1n) is 8.21. The molecule has 7 heteroatoms. The van der Waals surface area contributed by atoms with E-state index in [1.165, 1.54) is 29.2 Å². The molecule has 0 atom stereocenters. The van der Waals surface area contributed by atoms with E-state index in [1.807, 2.05) is 0 Å². The average molecular weight is 361 g/mol. The summed E-state index contributed by atoms with van der Waals surface area (Å²) in [4.78, 5) is 25.9. The number of hydrogen-bond donors (Lipinski definition) is 2. The monoisotopic (exact) mass is 361 g/mol. The van der Waals surface area contributed by atoms with Crippen LogP contribution in [0.3, 0.4) is 0 Å². The summed E-state index contributed by atoms with van der Waals surface area (Å²) in [6, 6.07) is 11.8. The van der Waals surface area contributed by atoms with Gasteiger partial charge in [-0.3, -0.25) is 9.59 Å². The van der Waals surface area contributed by atoms with Gasteiger partial charge in [0.15, 0.2) is 0 Å². The van der Waals surface area contributed by atoms with Crippen LogP contribution in [0.4, 0.5) is 14.5 Å². The van der Waals surface area contributed by atoms with Crippen LogP contribution in [0.25, 0.3) is 0 Å². The maximum Gasteiger partial charge on any atom is 0.244 e. The molecule has 0 unspecified atom stereocenters. The fourth-order valence-electron chi connectivity index (χ4n) is 2.38. The Kier molecular flexibility index (Phi) is 7.23. The number of para-hydroxylation sites is 1.